The van der Waals surface area contributed by atoms with Crippen LogP contribution < -0.4 is 5.73 Å². The van der Waals surface area contributed by atoms with E-state index >= 15 is 0 Å². The van der Waals surface area contributed by atoms with Crippen LogP contribution in [0.1, 0.15) is 23.0 Å². The van der Waals surface area contributed by atoms with Gasteiger partial charge in [-0.05, 0) is 31.5 Å². The van der Waals surface area contributed by atoms with E-state index < -0.39 is 0 Å². The molecule has 0 amide bonds. The minimum Gasteiger partial charge on any atom is -0.399 e. The van der Waals surface area contributed by atoms with Gasteiger partial charge in [0.05, 0.1) is 0 Å². The zero-order valence-electron chi connectivity index (χ0n) is 9.44. The number of rotatable bonds is 2. The van der Waals surface area contributed by atoms with Gasteiger partial charge in [-0.3, -0.25) is 0 Å². The van der Waals surface area contributed by atoms with Gasteiger partial charge in [0, 0.05) is 12.1 Å². The summed E-state index contributed by atoms with van der Waals surface area (Å²) in [6.07, 6.45) is 0.690. The van der Waals surface area contributed by atoms with Gasteiger partial charge >= 0.3 is 0 Å². The topological polar surface area (TPSA) is 64.7 Å². The second-order valence-corrected chi connectivity index (χ2v) is 3.77. The van der Waals surface area contributed by atoms with E-state index in [0.717, 1.165) is 28.7 Å². The lowest BCUT2D eigenvalue weighted by atomic mass is 10.1. The molecular formula is C12H14N4. The van der Waals surface area contributed by atoms with Gasteiger partial charge in [-0.2, -0.15) is 0 Å². The van der Waals surface area contributed by atoms with Crippen LogP contribution >= 0.6 is 0 Å². The number of nitrogens with two attached hydrogens (primary N) is 1. The highest BCUT2D eigenvalue weighted by Gasteiger charge is 2.02. The highest BCUT2D eigenvalue weighted by molar-refractivity contribution is 5.41. The van der Waals surface area contributed by atoms with Crippen LogP contribution in [0.4, 0.5) is 5.69 Å². The number of benzene rings is 1. The third-order valence-corrected chi connectivity index (χ3v) is 2.22. The Bertz CT molecular complexity index is 488. The average molecular weight is 214 g/mol. The third kappa shape index (κ3) is 2.53. The van der Waals surface area contributed by atoms with E-state index in [2.05, 4.69) is 15.0 Å². The van der Waals surface area contributed by atoms with Gasteiger partial charge in [0.15, 0.2) is 0 Å². The van der Waals surface area contributed by atoms with Crippen molar-refractivity contribution in [2.24, 2.45) is 0 Å². The Morgan fingerprint density at radius 3 is 2.38 bits per heavy atom. The van der Waals surface area contributed by atoms with Crippen molar-refractivity contribution in [1.82, 2.24) is 15.0 Å². The molecule has 0 aliphatic carbocycles. The quantitative estimate of drug-likeness (QED) is 0.772. The van der Waals surface area contributed by atoms with Crippen LogP contribution in [-0.4, -0.2) is 15.0 Å². The molecule has 0 unspecified atom stereocenters. The normalized spacial score (nSPS) is 10.4. The highest BCUT2D eigenvalue weighted by atomic mass is 15.0. The number of hydrogen-bond donors (Lipinski definition) is 1. The summed E-state index contributed by atoms with van der Waals surface area (Å²) in [5.74, 6) is 2.30. The Morgan fingerprint density at radius 1 is 1.06 bits per heavy atom. The molecule has 0 saturated carbocycles. The highest BCUT2D eigenvalue weighted by Crippen LogP contribution is 2.10. The van der Waals surface area contributed by atoms with Crippen molar-refractivity contribution >= 4 is 5.69 Å². The first-order chi connectivity index (χ1) is 7.63. The number of nitrogen functional groups attached to an aromatic ring is 1. The molecule has 0 radical (unpaired) electrons. The first-order valence-electron chi connectivity index (χ1n) is 5.16. The summed E-state index contributed by atoms with van der Waals surface area (Å²) < 4.78 is 0. The van der Waals surface area contributed by atoms with E-state index in [0.29, 0.717) is 6.42 Å². The SMILES string of the molecule is Cc1nc(C)nc(Cc2cccc(N)c2)n1. The van der Waals surface area contributed by atoms with E-state index in [9.17, 15) is 0 Å². The number of anilines is 1. The van der Waals surface area contributed by atoms with Crippen molar-refractivity contribution in [3.05, 3.63) is 47.3 Å². The van der Waals surface area contributed by atoms with Crippen LogP contribution in [0.25, 0.3) is 0 Å². The van der Waals surface area contributed by atoms with Crippen molar-refractivity contribution < 1.29 is 0 Å². The Balaban J connectivity index is 2.27. The smallest absolute Gasteiger partial charge is 0.136 e. The number of hydrogen-bond acceptors (Lipinski definition) is 4. The van der Waals surface area contributed by atoms with E-state index in [1.807, 2.05) is 38.1 Å². The molecule has 0 spiro atoms. The maximum absolute atomic E-state index is 5.72. The van der Waals surface area contributed by atoms with E-state index in [-0.39, 0.29) is 0 Å². The second-order valence-electron chi connectivity index (χ2n) is 3.77. The van der Waals surface area contributed by atoms with Crippen LogP contribution in [0.15, 0.2) is 24.3 Å². The van der Waals surface area contributed by atoms with Gasteiger partial charge in [-0.1, -0.05) is 12.1 Å². The van der Waals surface area contributed by atoms with Crippen LogP contribution in [0.2, 0.25) is 0 Å². The molecule has 0 atom stereocenters. The van der Waals surface area contributed by atoms with E-state index in [4.69, 9.17) is 5.73 Å². The molecule has 1 heterocycles. The van der Waals surface area contributed by atoms with Crippen LogP contribution in [0.5, 0.6) is 0 Å². The molecule has 2 aromatic rings. The molecule has 0 saturated heterocycles. The average Bonchev–Trinajstić information content (AvgIpc) is 2.15. The van der Waals surface area contributed by atoms with Crippen LogP contribution in [-0.2, 0) is 6.42 Å². The fraction of sp³-hybridized carbons (Fsp3) is 0.250. The molecule has 0 fully saturated rings. The Labute approximate surface area is 94.6 Å². The third-order valence-electron chi connectivity index (χ3n) is 2.22. The molecular weight excluding hydrogens is 200 g/mol. The van der Waals surface area contributed by atoms with Crippen molar-refractivity contribution in [2.45, 2.75) is 20.3 Å². The summed E-state index contributed by atoms with van der Waals surface area (Å²) in [6, 6.07) is 7.76. The molecule has 82 valence electrons. The monoisotopic (exact) mass is 214 g/mol. The number of nitrogens with zero attached hydrogens (tertiary/aromatic N) is 3. The number of aryl methyl sites for hydroxylation is 2. The molecule has 4 nitrogen and oxygen atoms in total. The summed E-state index contributed by atoms with van der Waals surface area (Å²) in [5.41, 5.74) is 7.60. The standard InChI is InChI=1S/C12H14N4/c1-8-14-9(2)16-12(15-8)7-10-4-3-5-11(13)6-10/h3-6H,7,13H2,1-2H3. The largest absolute Gasteiger partial charge is 0.399 e. The lowest BCUT2D eigenvalue weighted by Crippen LogP contribution is -2.03. The summed E-state index contributed by atoms with van der Waals surface area (Å²) in [5, 5.41) is 0. The van der Waals surface area contributed by atoms with Crippen molar-refractivity contribution in [1.29, 1.82) is 0 Å². The minimum absolute atomic E-state index is 0.690. The summed E-state index contributed by atoms with van der Waals surface area (Å²) in [6.45, 7) is 3.75. The van der Waals surface area contributed by atoms with E-state index in [1.54, 1.807) is 0 Å². The van der Waals surface area contributed by atoms with E-state index in [1.165, 1.54) is 0 Å². The zero-order chi connectivity index (χ0) is 11.5. The lowest BCUT2D eigenvalue weighted by molar-refractivity contribution is 0.843. The molecule has 1 aromatic carbocycles. The van der Waals surface area contributed by atoms with Crippen molar-refractivity contribution in [2.75, 3.05) is 5.73 Å². The summed E-state index contributed by atoms with van der Waals surface area (Å²) in [7, 11) is 0. The second kappa shape index (κ2) is 4.26. The van der Waals surface area contributed by atoms with Crippen molar-refractivity contribution in [3.8, 4) is 0 Å². The first kappa shape index (κ1) is 10.5. The van der Waals surface area contributed by atoms with Crippen LogP contribution in [0, 0.1) is 13.8 Å². The molecule has 1 aromatic heterocycles. The zero-order valence-corrected chi connectivity index (χ0v) is 9.44. The molecule has 0 aliphatic heterocycles. The molecule has 4 heteroatoms. The number of aromatic nitrogens is 3. The van der Waals surface area contributed by atoms with Gasteiger partial charge in [-0.25, -0.2) is 15.0 Å². The predicted molar refractivity (Wildman–Crippen MR) is 63.0 cm³/mol. The van der Waals surface area contributed by atoms with Gasteiger partial charge in [0.2, 0.25) is 0 Å². The van der Waals surface area contributed by atoms with Gasteiger partial charge in [-0.15, -0.1) is 0 Å². The Hall–Kier alpha value is -1.97. The molecule has 0 aliphatic rings. The summed E-state index contributed by atoms with van der Waals surface area (Å²) in [4.78, 5) is 12.7. The molecule has 2 N–H and O–H groups in total. The fourth-order valence-electron chi connectivity index (χ4n) is 1.65. The minimum atomic E-state index is 0.690. The van der Waals surface area contributed by atoms with Crippen LogP contribution in [0.3, 0.4) is 0 Å². The first-order valence-corrected chi connectivity index (χ1v) is 5.16. The summed E-state index contributed by atoms with van der Waals surface area (Å²) >= 11 is 0. The van der Waals surface area contributed by atoms with Crippen molar-refractivity contribution in [3.63, 3.8) is 0 Å². The Morgan fingerprint density at radius 2 is 1.75 bits per heavy atom. The molecule has 0 bridgehead atoms. The molecule has 16 heavy (non-hydrogen) atoms. The van der Waals surface area contributed by atoms with Gasteiger partial charge < -0.3 is 5.73 Å². The van der Waals surface area contributed by atoms with Gasteiger partial charge in [0.25, 0.3) is 0 Å². The molecule has 2 rings (SSSR count). The predicted octanol–water partition coefficient (Wildman–Crippen LogP) is 1.66. The maximum Gasteiger partial charge on any atom is 0.136 e. The maximum atomic E-state index is 5.72. The van der Waals surface area contributed by atoms with Gasteiger partial charge in [0.1, 0.15) is 17.5 Å². The lowest BCUT2D eigenvalue weighted by Gasteiger charge is -2.03. The fourth-order valence-corrected chi connectivity index (χ4v) is 1.65. The Kier molecular flexibility index (Phi) is 2.81.